The van der Waals surface area contributed by atoms with E-state index in [1.165, 1.54) is 46.0 Å². The molecule has 0 aliphatic carbocycles. The molecule has 176 valence electrons. The lowest BCUT2D eigenvalue weighted by atomic mass is 10.1. The van der Waals surface area contributed by atoms with Crippen molar-refractivity contribution in [1.82, 2.24) is 34.6 Å². The molecule has 0 atom stereocenters. The van der Waals surface area contributed by atoms with Gasteiger partial charge in [-0.05, 0) is 30.3 Å². The lowest BCUT2D eigenvalue weighted by molar-refractivity contribution is -0.0494. The molecule has 1 aromatic carbocycles. The molecule has 35 heavy (non-hydrogen) atoms. The number of nitrogens with one attached hydrogen (secondary N) is 1. The number of benzene rings is 1. The van der Waals surface area contributed by atoms with E-state index in [-0.39, 0.29) is 39.9 Å². The van der Waals surface area contributed by atoms with Gasteiger partial charge in [0.2, 0.25) is 5.88 Å². The van der Waals surface area contributed by atoms with Crippen molar-refractivity contribution >= 4 is 17.2 Å². The summed E-state index contributed by atoms with van der Waals surface area (Å²) in [4.78, 5) is 17.2. The summed E-state index contributed by atoms with van der Waals surface area (Å²) in [7, 11) is 1.63. The summed E-state index contributed by atoms with van der Waals surface area (Å²) in [6.45, 7) is -3.08. The number of fused-ring (bicyclic) bond motifs is 1. The van der Waals surface area contributed by atoms with Gasteiger partial charge in [-0.3, -0.25) is 9.48 Å². The van der Waals surface area contributed by atoms with Crippen molar-refractivity contribution in [1.29, 1.82) is 0 Å². The van der Waals surface area contributed by atoms with Gasteiger partial charge >= 0.3 is 6.61 Å². The van der Waals surface area contributed by atoms with Gasteiger partial charge in [0, 0.05) is 37.9 Å². The summed E-state index contributed by atoms with van der Waals surface area (Å²) in [5.74, 6) is -0.178. The zero-order chi connectivity index (χ0) is 24.4. The second-order valence-electron chi connectivity index (χ2n) is 7.17. The molecule has 4 heterocycles. The topological polar surface area (TPSA) is 121 Å². The molecule has 0 fully saturated rings. The van der Waals surface area contributed by atoms with E-state index in [4.69, 9.17) is 9.47 Å². The van der Waals surface area contributed by atoms with Crippen LogP contribution in [0.3, 0.4) is 0 Å². The highest BCUT2D eigenvalue weighted by Crippen LogP contribution is 2.38. The largest absolute Gasteiger partial charge is 0.437 e. The molecule has 11 nitrogen and oxygen atoms in total. The van der Waals surface area contributed by atoms with Gasteiger partial charge in [0.05, 0.1) is 17.4 Å². The molecule has 13 heteroatoms. The maximum absolute atomic E-state index is 13.1. The second-order valence-corrected chi connectivity index (χ2v) is 7.17. The van der Waals surface area contributed by atoms with Crippen LogP contribution in [-0.2, 0) is 7.05 Å². The van der Waals surface area contributed by atoms with E-state index in [1.807, 2.05) is 0 Å². The maximum Gasteiger partial charge on any atom is 0.387 e. The van der Waals surface area contributed by atoms with E-state index in [9.17, 15) is 13.6 Å². The second kappa shape index (κ2) is 9.13. The number of alkyl halides is 2. The molecule has 0 saturated heterocycles. The third-order valence-corrected chi connectivity index (χ3v) is 4.79. The molecule has 5 aromatic rings. The standard InChI is InChI=1S/C22H16F2N8O3/c1-31-12-16(28-21(33)15-11-27-32-9-3-7-25-20(15)32)19(30-31)14-10-13(5-6-17(14)35-22(23)24)34-18-4-2-8-26-29-18/h2-12,22H,1H3,(H,28,33). The fourth-order valence-electron chi connectivity index (χ4n) is 3.37. The van der Waals surface area contributed by atoms with Crippen molar-refractivity contribution in [2.24, 2.45) is 7.05 Å². The van der Waals surface area contributed by atoms with Crippen LogP contribution in [0.5, 0.6) is 17.4 Å². The van der Waals surface area contributed by atoms with Crippen LogP contribution in [0.2, 0.25) is 0 Å². The normalized spacial score (nSPS) is 11.1. The summed E-state index contributed by atoms with van der Waals surface area (Å²) in [5, 5.41) is 18.8. The van der Waals surface area contributed by atoms with Gasteiger partial charge in [-0.25, -0.2) is 9.50 Å². The Kier molecular flexibility index (Phi) is 5.71. The fourth-order valence-corrected chi connectivity index (χ4v) is 3.37. The van der Waals surface area contributed by atoms with E-state index >= 15 is 0 Å². The Morgan fingerprint density at radius 1 is 1.17 bits per heavy atom. The lowest BCUT2D eigenvalue weighted by Gasteiger charge is -2.13. The van der Waals surface area contributed by atoms with Crippen LogP contribution in [0.15, 0.2) is 67.4 Å². The Bertz CT molecular complexity index is 1500. The van der Waals surface area contributed by atoms with Gasteiger partial charge in [-0.2, -0.15) is 24.1 Å². The van der Waals surface area contributed by atoms with Crippen molar-refractivity contribution in [3.8, 4) is 28.6 Å². The van der Waals surface area contributed by atoms with Crippen molar-refractivity contribution in [2.75, 3.05) is 5.32 Å². The fraction of sp³-hybridized carbons (Fsp3) is 0.0909. The zero-order valence-electron chi connectivity index (χ0n) is 18.0. The number of anilines is 1. The number of amides is 1. The van der Waals surface area contributed by atoms with Crippen molar-refractivity contribution in [3.05, 3.63) is 72.9 Å². The van der Waals surface area contributed by atoms with Crippen LogP contribution >= 0.6 is 0 Å². The van der Waals surface area contributed by atoms with Crippen molar-refractivity contribution in [2.45, 2.75) is 6.61 Å². The molecule has 0 saturated carbocycles. The minimum absolute atomic E-state index is 0.154. The first kappa shape index (κ1) is 21.9. The van der Waals surface area contributed by atoms with Gasteiger partial charge in [-0.1, -0.05) is 0 Å². The number of nitrogens with zero attached hydrogens (tertiary/aromatic N) is 7. The molecule has 5 rings (SSSR count). The molecule has 0 aliphatic rings. The Morgan fingerprint density at radius 2 is 2.06 bits per heavy atom. The van der Waals surface area contributed by atoms with Crippen LogP contribution in [0.1, 0.15) is 10.4 Å². The number of hydrogen-bond donors (Lipinski definition) is 1. The van der Waals surface area contributed by atoms with Gasteiger partial charge < -0.3 is 14.8 Å². The quantitative estimate of drug-likeness (QED) is 0.377. The number of halogens is 2. The Balaban J connectivity index is 1.52. The van der Waals surface area contributed by atoms with Crippen LogP contribution in [0, 0.1) is 0 Å². The molecule has 0 radical (unpaired) electrons. The van der Waals surface area contributed by atoms with E-state index in [0.29, 0.717) is 5.65 Å². The maximum atomic E-state index is 13.1. The summed E-state index contributed by atoms with van der Waals surface area (Å²) < 4.78 is 39.5. The molecule has 1 N–H and O–H groups in total. The van der Waals surface area contributed by atoms with Gasteiger partial charge in [0.25, 0.3) is 5.91 Å². The van der Waals surface area contributed by atoms with Crippen molar-refractivity contribution < 1.29 is 23.0 Å². The first-order valence-electron chi connectivity index (χ1n) is 10.2. The number of aromatic nitrogens is 7. The predicted octanol–water partition coefficient (Wildman–Crippen LogP) is 3.57. The first-order chi connectivity index (χ1) is 17.0. The van der Waals surface area contributed by atoms with Crippen LogP contribution in [0.25, 0.3) is 16.9 Å². The number of ether oxygens (including phenoxy) is 2. The zero-order valence-corrected chi connectivity index (χ0v) is 18.0. The molecule has 0 aliphatic heterocycles. The summed E-state index contributed by atoms with van der Waals surface area (Å²) >= 11 is 0. The van der Waals surface area contributed by atoms with Crippen LogP contribution in [0.4, 0.5) is 14.5 Å². The Hall–Kier alpha value is -4.94. The predicted molar refractivity (Wildman–Crippen MR) is 118 cm³/mol. The van der Waals surface area contributed by atoms with E-state index in [0.717, 1.165) is 0 Å². The smallest absolute Gasteiger partial charge is 0.387 e. The first-order valence-corrected chi connectivity index (χ1v) is 10.2. The molecule has 1 amide bonds. The van der Waals surface area contributed by atoms with Crippen molar-refractivity contribution in [3.63, 3.8) is 0 Å². The third-order valence-electron chi connectivity index (χ3n) is 4.79. The number of aryl methyl sites for hydroxylation is 1. The van der Waals surface area contributed by atoms with Crippen LogP contribution in [-0.4, -0.2) is 47.1 Å². The number of hydrogen-bond acceptors (Lipinski definition) is 8. The van der Waals surface area contributed by atoms with E-state index in [1.54, 1.807) is 37.6 Å². The molecular formula is C22H16F2N8O3. The number of carbonyl (C=O) groups is 1. The minimum Gasteiger partial charge on any atom is -0.437 e. The molecule has 0 unspecified atom stereocenters. The third kappa shape index (κ3) is 4.59. The van der Waals surface area contributed by atoms with Gasteiger partial charge in [-0.15, -0.1) is 5.10 Å². The SMILES string of the molecule is Cn1cc(NC(=O)c2cnn3cccnc23)c(-c2cc(Oc3cccnn3)ccc2OC(F)F)n1. The average molecular weight is 478 g/mol. The highest BCUT2D eigenvalue weighted by atomic mass is 19.3. The van der Waals surface area contributed by atoms with Gasteiger partial charge in [0.1, 0.15) is 22.8 Å². The van der Waals surface area contributed by atoms with E-state index < -0.39 is 12.5 Å². The van der Waals surface area contributed by atoms with E-state index in [2.05, 4.69) is 30.7 Å². The summed E-state index contributed by atoms with van der Waals surface area (Å²) in [5.41, 5.74) is 1.19. The average Bonchev–Trinajstić information content (AvgIpc) is 3.43. The molecule has 4 aromatic heterocycles. The Labute approximate surface area is 196 Å². The number of carbonyl (C=O) groups excluding carboxylic acids is 1. The van der Waals surface area contributed by atoms with Gasteiger partial charge in [0.15, 0.2) is 5.65 Å². The highest BCUT2D eigenvalue weighted by Gasteiger charge is 2.22. The highest BCUT2D eigenvalue weighted by molar-refractivity contribution is 6.09. The summed E-state index contributed by atoms with van der Waals surface area (Å²) in [6.07, 6.45) is 7.61. The summed E-state index contributed by atoms with van der Waals surface area (Å²) in [6, 6.07) is 9.14. The minimum atomic E-state index is -3.08. The van der Waals surface area contributed by atoms with Crippen LogP contribution < -0.4 is 14.8 Å². The molecule has 0 bridgehead atoms. The Morgan fingerprint density at radius 3 is 2.86 bits per heavy atom. The lowest BCUT2D eigenvalue weighted by Crippen LogP contribution is -2.12. The molecule has 0 spiro atoms. The molecular weight excluding hydrogens is 462 g/mol. The monoisotopic (exact) mass is 478 g/mol. The number of rotatable bonds is 7.